The van der Waals surface area contributed by atoms with Crippen LogP contribution in [0.2, 0.25) is 10.0 Å². The molecule has 1 saturated heterocycles. The third-order valence-electron chi connectivity index (χ3n) is 4.05. The minimum Gasteiger partial charge on any atom is -0.381 e. The van der Waals surface area contributed by atoms with Gasteiger partial charge in [0.15, 0.2) is 0 Å². The normalized spacial score (nSPS) is 18.1. The number of halogens is 2. The summed E-state index contributed by atoms with van der Waals surface area (Å²) in [6.07, 6.45) is 4.27. The number of rotatable bonds is 6. The van der Waals surface area contributed by atoms with E-state index in [-0.39, 0.29) is 5.41 Å². The summed E-state index contributed by atoms with van der Waals surface area (Å²) in [7, 11) is 0. The summed E-state index contributed by atoms with van der Waals surface area (Å²) in [5.74, 6) is 0. The molecule has 20 heavy (non-hydrogen) atoms. The molecule has 0 unspecified atom stereocenters. The maximum absolute atomic E-state index is 6.33. The zero-order valence-electron chi connectivity index (χ0n) is 12.1. The van der Waals surface area contributed by atoms with Crippen LogP contribution in [0.15, 0.2) is 18.2 Å². The van der Waals surface area contributed by atoms with Gasteiger partial charge in [0.1, 0.15) is 0 Å². The summed E-state index contributed by atoms with van der Waals surface area (Å²) in [6.45, 7) is 5.95. The van der Waals surface area contributed by atoms with E-state index in [4.69, 9.17) is 27.9 Å². The number of nitrogens with one attached hydrogen (secondary N) is 1. The molecule has 1 aromatic rings. The Bertz CT molecular complexity index is 430. The van der Waals surface area contributed by atoms with E-state index >= 15 is 0 Å². The molecule has 2 rings (SSSR count). The van der Waals surface area contributed by atoms with Crippen LogP contribution in [0, 0.1) is 5.41 Å². The van der Waals surface area contributed by atoms with E-state index in [0.717, 1.165) is 67.6 Å². The highest BCUT2D eigenvalue weighted by atomic mass is 35.5. The van der Waals surface area contributed by atoms with Gasteiger partial charge in [-0.15, -0.1) is 0 Å². The van der Waals surface area contributed by atoms with E-state index in [2.05, 4.69) is 12.2 Å². The van der Waals surface area contributed by atoms with Crippen molar-refractivity contribution in [2.75, 3.05) is 26.3 Å². The zero-order chi connectivity index (χ0) is 14.4. The van der Waals surface area contributed by atoms with Gasteiger partial charge in [-0.3, -0.25) is 0 Å². The number of ether oxygens (including phenoxy) is 1. The molecular weight excluding hydrogens is 293 g/mol. The fourth-order valence-corrected chi connectivity index (χ4v) is 3.21. The van der Waals surface area contributed by atoms with Crippen LogP contribution in [0.5, 0.6) is 0 Å². The van der Waals surface area contributed by atoms with E-state index in [1.807, 2.05) is 18.2 Å². The van der Waals surface area contributed by atoms with Crippen LogP contribution in [-0.2, 0) is 11.2 Å². The molecule has 1 aromatic carbocycles. The molecule has 0 spiro atoms. The van der Waals surface area contributed by atoms with Crippen LogP contribution in [0.25, 0.3) is 0 Å². The molecule has 1 aliphatic heterocycles. The average molecular weight is 316 g/mol. The Morgan fingerprint density at radius 3 is 2.70 bits per heavy atom. The van der Waals surface area contributed by atoms with Gasteiger partial charge in [-0.05, 0) is 61.4 Å². The van der Waals surface area contributed by atoms with Crippen molar-refractivity contribution >= 4 is 23.2 Å². The first-order valence-electron chi connectivity index (χ1n) is 7.38. The first-order valence-corrected chi connectivity index (χ1v) is 8.13. The van der Waals surface area contributed by atoms with Crippen molar-refractivity contribution in [2.24, 2.45) is 5.41 Å². The fraction of sp³-hybridized carbons (Fsp3) is 0.625. The Balaban J connectivity index is 2.12. The van der Waals surface area contributed by atoms with Gasteiger partial charge < -0.3 is 10.1 Å². The van der Waals surface area contributed by atoms with Crippen LogP contribution < -0.4 is 5.32 Å². The van der Waals surface area contributed by atoms with Crippen molar-refractivity contribution in [1.29, 1.82) is 0 Å². The molecule has 0 amide bonds. The summed E-state index contributed by atoms with van der Waals surface area (Å²) >= 11 is 12.4. The number of hydrogen-bond donors (Lipinski definition) is 1. The Hall–Kier alpha value is -0.280. The maximum atomic E-state index is 6.33. The van der Waals surface area contributed by atoms with Gasteiger partial charge in [-0.1, -0.05) is 30.1 Å². The molecular formula is C16H23Cl2NO. The first-order chi connectivity index (χ1) is 9.65. The average Bonchev–Trinajstić information content (AvgIpc) is 2.44. The van der Waals surface area contributed by atoms with Crippen molar-refractivity contribution in [1.82, 2.24) is 5.32 Å². The summed E-state index contributed by atoms with van der Waals surface area (Å²) < 4.78 is 5.54. The van der Waals surface area contributed by atoms with Gasteiger partial charge in [-0.25, -0.2) is 0 Å². The van der Waals surface area contributed by atoms with Gasteiger partial charge in [-0.2, -0.15) is 0 Å². The molecule has 1 fully saturated rings. The van der Waals surface area contributed by atoms with E-state index in [1.54, 1.807) is 0 Å². The lowest BCUT2D eigenvalue weighted by atomic mass is 9.75. The summed E-state index contributed by atoms with van der Waals surface area (Å²) in [6, 6.07) is 5.74. The van der Waals surface area contributed by atoms with Gasteiger partial charge >= 0.3 is 0 Å². The third-order valence-corrected chi connectivity index (χ3v) is 4.66. The highest BCUT2D eigenvalue weighted by Crippen LogP contribution is 2.36. The lowest BCUT2D eigenvalue weighted by Gasteiger charge is -2.38. The van der Waals surface area contributed by atoms with E-state index in [9.17, 15) is 0 Å². The van der Waals surface area contributed by atoms with Crippen LogP contribution in [0.3, 0.4) is 0 Å². The quantitative estimate of drug-likeness (QED) is 0.789. The number of hydrogen-bond acceptors (Lipinski definition) is 2. The topological polar surface area (TPSA) is 21.3 Å². The fourth-order valence-electron chi connectivity index (χ4n) is 2.83. The van der Waals surface area contributed by atoms with E-state index in [1.165, 1.54) is 0 Å². The molecule has 0 aliphatic carbocycles. The van der Waals surface area contributed by atoms with Crippen LogP contribution >= 0.6 is 23.2 Å². The third kappa shape index (κ3) is 4.36. The van der Waals surface area contributed by atoms with E-state index in [0.29, 0.717) is 0 Å². The monoisotopic (exact) mass is 315 g/mol. The second-order valence-electron chi connectivity index (χ2n) is 5.70. The number of benzene rings is 1. The Morgan fingerprint density at radius 1 is 1.25 bits per heavy atom. The minimum atomic E-state index is 0.238. The maximum Gasteiger partial charge on any atom is 0.0471 e. The molecule has 112 valence electrons. The standard InChI is InChI=1S/C16H23Cl2NO/c1-2-7-19-12-16(5-8-20-9-6-16)11-13-10-14(17)3-4-15(13)18/h3-4,10,19H,2,5-9,11-12H2,1H3. The van der Waals surface area contributed by atoms with Gasteiger partial charge in [0.2, 0.25) is 0 Å². The zero-order valence-corrected chi connectivity index (χ0v) is 13.6. The highest BCUT2D eigenvalue weighted by molar-refractivity contribution is 6.33. The van der Waals surface area contributed by atoms with Crippen molar-refractivity contribution in [3.05, 3.63) is 33.8 Å². The van der Waals surface area contributed by atoms with Crippen molar-refractivity contribution < 1.29 is 4.74 Å². The molecule has 0 radical (unpaired) electrons. The molecule has 4 heteroatoms. The second-order valence-corrected chi connectivity index (χ2v) is 6.55. The van der Waals surface area contributed by atoms with E-state index < -0.39 is 0 Å². The smallest absolute Gasteiger partial charge is 0.0471 e. The van der Waals surface area contributed by atoms with Crippen molar-refractivity contribution in [2.45, 2.75) is 32.6 Å². The van der Waals surface area contributed by atoms with Crippen LogP contribution in [0.1, 0.15) is 31.7 Å². The van der Waals surface area contributed by atoms with Crippen LogP contribution in [-0.4, -0.2) is 26.3 Å². The minimum absolute atomic E-state index is 0.238. The van der Waals surface area contributed by atoms with Gasteiger partial charge in [0.05, 0.1) is 0 Å². The predicted octanol–water partition coefficient (Wildman–Crippen LogP) is 4.33. The first kappa shape index (κ1) is 16.1. The second kappa shape index (κ2) is 7.65. The van der Waals surface area contributed by atoms with Crippen molar-refractivity contribution in [3.8, 4) is 0 Å². The van der Waals surface area contributed by atoms with Crippen LogP contribution in [0.4, 0.5) is 0 Å². The Labute approximate surface area is 131 Å². The molecule has 2 nitrogen and oxygen atoms in total. The molecule has 1 aliphatic rings. The van der Waals surface area contributed by atoms with Gasteiger partial charge in [0, 0.05) is 29.8 Å². The SMILES string of the molecule is CCCNCC1(Cc2cc(Cl)ccc2Cl)CCOCC1. The molecule has 1 N–H and O–H groups in total. The molecule has 0 saturated carbocycles. The Kier molecular flexibility index (Phi) is 6.16. The summed E-state index contributed by atoms with van der Waals surface area (Å²) in [4.78, 5) is 0. The summed E-state index contributed by atoms with van der Waals surface area (Å²) in [5.41, 5.74) is 1.39. The molecule has 0 aromatic heterocycles. The Morgan fingerprint density at radius 2 is 2.00 bits per heavy atom. The molecule has 0 bridgehead atoms. The molecule has 0 atom stereocenters. The van der Waals surface area contributed by atoms with Crippen molar-refractivity contribution in [3.63, 3.8) is 0 Å². The lowest BCUT2D eigenvalue weighted by Crippen LogP contribution is -2.41. The summed E-state index contributed by atoms with van der Waals surface area (Å²) in [5, 5.41) is 5.14. The van der Waals surface area contributed by atoms with Gasteiger partial charge in [0.25, 0.3) is 0 Å². The largest absolute Gasteiger partial charge is 0.381 e. The highest BCUT2D eigenvalue weighted by Gasteiger charge is 2.33. The molecule has 1 heterocycles. The lowest BCUT2D eigenvalue weighted by molar-refractivity contribution is 0.0150. The predicted molar refractivity (Wildman–Crippen MR) is 85.8 cm³/mol.